The Morgan fingerprint density at radius 1 is 1.10 bits per heavy atom. The summed E-state index contributed by atoms with van der Waals surface area (Å²) in [6.45, 7) is 9.15. The van der Waals surface area contributed by atoms with Crippen molar-refractivity contribution in [1.29, 1.82) is 0 Å². The standard InChI is InChI=1S/C23H30N4S2/c1-13(2)12-17-15-6-5-7-16(15)18-19-20(29-22(18)24-17)21(26-23(25-19)28-4)27-10-8-14(3)9-11-27/h13-14H,5-12H2,1-4H3. The minimum absolute atomic E-state index is 0.632. The summed E-state index contributed by atoms with van der Waals surface area (Å²) < 4.78 is 1.25. The number of hydrogen-bond donors (Lipinski definition) is 0. The van der Waals surface area contributed by atoms with Gasteiger partial charge in [0.2, 0.25) is 0 Å². The number of rotatable bonds is 4. The normalized spacial score (nSPS) is 17.8. The van der Waals surface area contributed by atoms with Gasteiger partial charge in [-0.25, -0.2) is 15.0 Å². The first-order valence-corrected chi connectivity index (χ1v) is 13.0. The lowest BCUT2D eigenvalue weighted by molar-refractivity contribution is 0.437. The van der Waals surface area contributed by atoms with Crippen LogP contribution in [0.15, 0.2) is 5.16 Å². The third-order valence-corrected chi connectivity index (χ3v) is 8.06. The number of hydrogen-bond acceptors (Lipinski definition) is 6. The summed E-state index contributed by atoms with van der Waals surface area (Å²) in [5, 5.41) is 2.22. The number of nitrogens with zero attached hydrogens (tertiary/aromatic N) is 4. The summed E-state index contributed by atoms with van der Waals surface area (Å²) in [4.78, 5) is 18.9. The summed E-state index contributed by atoms with van der Waals surface area (Å²) in [5.41, 5.74) is 5.53. The van der Waals surface area contributed by atoms with E-state index in [4.69, 9.17) is 15.0 Å². The molecule has 0 spiro atoms. The van der Waals surface area contributed by atoms with Gasteiger partial charge >= 0.3 is 0 Å². The minimum Gasteiger partial charge on any atom is -0.355 e. The van der Waals surface area contributed by atoms with Gasteiger partial charge in [0.25, 0.3) is 0 Å². The lowest BCUT2D eigenvalue weighted by atomic mass is 9.99. The quantitative estimate of drug-likeness (QED) is 0.385. The molecule has 4 nitrogen and oxygen atoms in total. The maximum atomic E-state index is 5.20. The number of anilines is 1. The zero-order chi connectivity index (χ0) is 20.1. The maximum Gasteiger partial charge on any atom is 0.189 e. The molecule has 0 unspecified atom stereocenters. The van der Waals surface area contributed by atoms with Gasteiger partial charge in [0.05, 0.1) is 10.2 Å². The van der Waals surface area contributed by atoms with E-state index in [9.17, 15) is 0 Å². The van der Waals surface area contributed by atoms with E-state index in [-0.39, 0.29) is 0 Å². The monoisotopic (exact) mass is 426 g/mol. The number of pyridine rings is 1. The first-order valence-electron chi connectivity index (χ1n) is 11.0. The Bertz CT molecular complexity index is 1060. The Morgan fingerprint density at radius 2 is 1.86 bits per heavy atom. The van der Waals surface area contributed by atoms with Gasteiger partial charge < -0.3 is 4.90 Å². The maximum absolute atomic E-state index is 5.20. The molecule has 29 heavy (non-hydrogen) atoms. The van der Waals surface area contributed by atoms with E-state index in [1.165, 1.54) is 63.8 Å². The van der Waals surface area contributed by atoms with Crippen molar-refractivity contribution in [2.45, 2.75) is 64.5 Å². The molecule has 6 heteroatoms. The van der Waals surface area contributed by atoms with Gasteiger partial charge in [0.15, 0.2) is 11.0 Å². The van der Waals surface area contributed by atoms with Crippen molar-refractivity contribution in [2.24, 2.45) is 11.8 Å². The van der Waals surface area contributed by atoms with Crippen LogP contribution in [0.5, 0.6) is 0 Å². The fourth-order valence-electron chi connectivity index (χ4n) is 4.89. The molecule has 0 amide bonds. The second-order valence-electron chi connectivity index (χ2n) is 9.13. The number of aromatic nitrogens is 3. The van der Waals surface area contributed by atoms with Crippen LogP contribution in [-0.4, -0.2) is 34.3 Å². The highest BCUT2D eigenvalue weighted by atomic mass is 32.2. The van der Waals surface area contributed by atoms with Crippen molar-refractivity contribution in [3.05, 3.63) is 16.8 Å². The average molecular weight is 427 g/mol. The van der Waals surface area contributed by atoms with E-state index in [2.05, 4.69) is 31.9 Å². The molecular weight excluding hydrogens is 396 g/mol. The molecule has 154 valence electrons. The molecular formula is C23H30N4S2. The van der Waals surface area contributed by atoms with E-state index >= 15 is 0 Å². The molecule has 0 aromatic carbocycles. The van der Waals surface area contributed by atoms with E-state index in [0.29, 0.717) is 5.92 Å². The molecule has 3 aromatic rings. The summed E-state index contributed by atoms with van der Waals surface area (Å²) in [6.07, 6.45) is 9.24. The van der Waals surface area contributed by atoms with Crippen molar-refractivity contribution in [1.82, 2.24) is 15.0 Å². The fourth-order valence-corrected chi connectivity index (χ4v) is 6.43. The van der Waals surface area contributed by atoms with Crippen LogP contribution in [-0.2, 0) is 19.3 Å². The van der Waals surface area contributed by atoms with Gasteiger partial charge in [-0.2, -0.15) is 0 Å². The third kappa shape index (κ3) is 3.42. The zero-order valence-corrected chi connectivity index (χ0v) is 19.5. The van der Waals surface area contributed by atoms with Crippen LogP contribution in [0, 0.1) is 11.8 Å². The van der Waals surface area contributed by atoms with Crippen molar-refractivity contribution in [3.8, 4) is 0 Å². The van der Waals surface area contributed by atoms with Crippen molar-refractivity contribution in [2.75, 3.05) is 24.2 Å². The first kappa shape index (κ1) is 19.6. The Hall–Kier alpha value is -1.40. The Morgan fingerprint density at radius 3 is 2.59 bits per heavy atom. The van der Waals surface area contributed by atoms with Crippen LogP contribution in [0.1, 0.15) is 56.9 Å². The molecule has 5 rings (SSSR count). The second-order valence-corrected chi connectivity index (χ2v) is 10.9. The number of fused-ring (bicyclic) bond motifs is 5. The molecule has 1 aliphatic heterocycles. The molecule has 0 bridgehead atoms. The summed E-state index contributed by atoms with van der Waals surface area (Å²) in [5.74, 6) is 2.59. The van der Waals surface area contributed by atoms with Gasteiger partial charge in [0.1, 0.15) is 4.83 Å². The average Bonchev–Trinajstić information content (AvgIpc) is 3.31. The minimum atomic E-state index is 0.632. The third-order valence-electron chi connectivity index (χ3n) is 6.45. The van der Waals surface area contributed by atoms with Crippen LogP contribution in [0.4, 0.5) is 5.82 Å². The van der Waals surface area contributed by atoms with Crippen LogP contribution in [0.3, 0.4) is 0 Å². The molecule has 4 heterocycles. The largest absolute Gasteiger partial charge is 0.355 e. The number of thioether (sulfide) groups is 1. The number of piperidine rings is 1. The summed E-state index contributed by atoms with van der Waals surface area (Å²) >= 11 is 3.48. The van der Waals surface area contributed by atoms with Gasteiger partial charge in [-0.05, 0) is 67.7 Å². The molecule has 0 atom stereocenters. The molecule has 0 radical (unpaired) electrons. The van der Waals surface area contributed by atoms with Crippen molar-refractivity contribution < 1.29 is 0 Å². The summed E-state index contributed by atoms with van der Waals surface area (Å²) in [7, 11) is 0. The van der Waals surface area contributed by atoms with E-state index in [1.54, 1.807) is 11.8 Å². The van der Waals surface area contributed by atoms with Gasteiger partial charge in [0, 0.05) is 24.2 Å². The topological polar surface area (TPSA) is 41.9 Å². The highest BCUT2D eigenvalue weighted by Gasteiger charge is 2.27. The zero-order valence-electron chi connectivity index (χ0n) is 17.9. The van der Waals surface area contributed by atoms with E-state index in [1.807, 2.05) is 11.3 Å². The van der Waals surface area contributed by atoms with Crippen molar-refractivity contribution in [3.63, 3.8) is 0 Å². The number of aryl methyl sites for hydroxylation is 1. The van der Waals surface area contributed by atoms with Crippen LogP contribution < -0.4 is 4.90 Å². The van der Waals surface area contributed by atoms with Crippen LogP contribution >= 0.6 is 23.1 Å². The van der Waals surface area contributed by atoms with Crippen molar-refractivity contribution >= 4 is 49.3 Å². The Labute approximate surface area is 181 Å². The van der Waals surface area contributed by atoms with Gasteiger partial charge in [-0.3, -0.25) is 0 Å². The molecule has 3 aromatic heterocycles. The Kier molecular flexibility index (Phi) is 5.19. The van der Waals surface area contributed by atoms with Gasteiger partial charge in [-0.15, -0.1) is 11.3 Å². The predicted octanol–water partition coefficient (Wildman–Crippen LogP) is 5.88. The molecule has 1 saturated heterocycles. The first-order chi connectivity index (χ1) is 14.0. The smallest absolute Gasteiger partial charge is 0.189 e. The molecule has 1 fully saturated rings. The van der Waals surface area contributed by atoms with Crippen LogP contribution in [0.25, 0.3) is 20.4 Å². The van der Waals surface area contributed by atoms with E-state index in [0.717, 1.165) is 41.9 Å². The molecule has 0 N–H and O–H groups in total. The van der Waals surface area contributed by atoms with Gasteiger partial charge in [-0.1, -0.05) is 32.5 Å². The summed E-state index contributed by atoms with van der Waals surface area (Å²) in [6, 6.07) is 0. The molecule has 1 aliphatic carbocycles. The fraction of sp³-hybridized carbons (Fsp3) is 0.609. The molecule has 2 aliphatic rings. The Balaban J connectivity index is 1.74. The highest BCUT2D eigenvalue weighted by molar-refractivity contribution is 7.98. The van der Waals surface area contributed by atoms with Crippen LogP contribution in [0.2, 0.25) is 0 Å². The SMILES string of the molecule is CSc1nc(N2CCC(C)CC2)c2sc3nc(CC(C)C)c4c(c3c2n1)CCC4. The second kappa shape index (κ2) is 7.69. The lowest BCUT2D eigenvalue weighted by Gasteiger charge is -2.31. The number of thiophene rings is 1. The molecule has 0 saturated carbocycles. The van der Waals surface area contributed by atoms with E-state index < -0.39 is 0 Å². The lowest BCUT2D eigenvalue weighted by Crippen LogP contribution is -2.33. The highest BCUT2D eigenvalue weighted by Crippen LogP contribution is 2.43. The predicted molar refractivity (Wildman–Crippen MR) is 126 cm³/mol.